The summed E-state index contributed by atoms with van der Waals surface area (Å²) >= 11 is 7.39. The number of nitrogens with zero attached hydrogens (tertiary/aromatic N) is 7. The number of alkyl halides is 3. The zero-order chi connectivity index (χ0) is 20.7. The van der Waals surface area contributed by atoms with Gasteiger partial charge in [0.2, 0.25) is 5.82 Å². The topological polar surface area (TPSA) is 73.8 Å². The molecule has 0 atom stereocenters. The third-order valence-electron chi connectivity index (χ3n) is 4.56. The zero-order valence-electron chi connectivity index (χ0n) is 15.2. The molecule has 5 aromatic heterocycles. The van der Waals surface area contributed by atoms with E-state index in [1.165, 1.54) is 29.2 Å². The largest absolute Gasteiger partial charge is 0.436 e. The van der Waals surface area contributed by atoms with Crippen LogP contribution >= 0.6 is 22.9 Å². The minimum Gasteiger partial charge on any atom is -0.262 e. The first-order valence-electron chi connectivity index (χ1n) is 8.37. The Morgan fingerprint density at radius 2 is 1.90 bits per heavy atom. The van der Waals surface area contributed by atoms with Gasteiger partial charge in [0.15, 0.2) is 11.3 Å². The second kappa shape index (κ2) is 5.86. The highest BCUT2D eigenvalue weighted by Gasteiger charge is 2.39. The lowest BCUT2D eigenvalue weighted by Crippen LogP contribution is -2.07. The van der Waals surface area contributed by atoms with Crippen LogP contribution in [0.4, 0.5) is 13.2 Å². The van der Waals surface area contributed by atoms with Gasteiger partial charge < -0.3 is 0 Å². The Bertz CT molecular complexity index is 1450. The van der Waals surface area contributed by atoms with Gasteiger partial charge in [-0.05, 0) is 25.5 Å². The van der Waals surface area contributed by atoms with Gasteiger partial charge in [0.05, 0.1) is 5.52 Å². The van der Waals surface area contributed by atoms with Crippen molar-refractivity contribution in [2.24, 2.45) is 7.05 Å². The highest BCUT2D eigenvalue weighted by Crippen LogP contribution is 2.40. The van der Waals surface area contributed by atoms with Crippen molar-refractivity contribution in [1.82, 2.24) is 34.3 Å². The molecule has 7 nitrogen and oxygen atoms in total. The molecule has 5 aromatic rings. The number of hydrogen-bond donors (Lipinski definition) is 0. The fourth-order valence-electron chi connectivity index (χ4n) is 3.39. The summed E-state index contributed by atoms with van der Waals surface area (Å²) in [4.78, 5) is 14.3. The van der Waals surface area contributed by atoms with Gasteiger partial charge in [0.25, 0.3) is 0 Å². The number of rotatable bonds is 1. The average Bonchev–Trinajstić information content (AvgIpc) is 3.26. The lowest BCUT2D eigenvalue weighted by molar-refractivity contribution is -0.141. The Labute approximate surface area is 169 Å². The highest BCUT2D eigenvalue weighted by atomic mass is 35.5. The van der Waals surface area contributed by atoms with E-state index in [9.17, 15) is 13.2 Å². The molecule has 0 aromatic carbocycles. The molecular formula is C17H11ClF3N7S. The molecule has 0 aliphatic rings. The van der Waals surface area contributed by atoms with Crippen LogP contribution < -0.4 is 0 Å². The van der Waals surface area contributed by atoms with Gasteiger partial charge >= 0.3 is 6.18 Å². The van der Waals surface area contributed by atoms with E-state index in [4.69, 9.17) is 11.6 Å². The first-order chi connectivity index (χ1) is 13.6. The second-order valence-corrected chi connectivity index (χ2v) is 8.00. The lowest BCUT2D eigenvalue weighted by Gasteiger charge is -2.00. The van der Waals surface area contributed by atoms with Crippen LogP contribution in [0.2, 0.25) is 5.02 Å². The number of pyridine rings is 1. The lowest BCUT2D eigenvalue weighted by atomic mass is 10.1. The third-order valence-corrected chi connectivity index (χ3v) is 5.99. The molecule has 12 heteroatoms. The normalized spacial score (nSPS) is 12.7. The van der Waals surface area contributed by atoms with Crippen LogP contribution in [0.5, 0.6) is 0 Å². The number of aromatic nitrogens is 7. The van der Waals surface area contributed by atoms with Crippen molar-refractivity contribution < 1.29 is 13.2 Å². The van der Waals surface area contributed by atoms with Crippen molar-refractivity contribution in [3.63, 3.8) is 0 Å². The predicted octanol–water partition coefficient (Wildman–Crippen LogP) is 4.58. The predicted molar refractivity (Wildman–Crippen MR) is 103 cm³/mol. The fraction of sp³-hybridized carbons (Fsp3) is 0.235. The smallest absolute Gasteiger partial charge is 0.262 e. The molecule has 0 N–H and O–H groups in total. The minimum absolute atomic E-state index is 0.0119. The summed E-state index contributed by atoms with van der Waals surface area (Å²) < 4.78 is 42.6. The first-order valence-corrected chi connectivity index (χ1v) is 9.56. The van der Waals surface area contributed by atoms with Crippen molar-refractivity contribution in [2.45, 2.75) is 20.0 Å². The molecule has 29 heavy (non-hydrogen) atoms. The van der Waals surface area contributed by atoms with Crippen LogP contribution in [-0.2, 0) is 13.2 Å². The summed E-state index contributed by atoms with van der Waals surface area (Å²) in [5.41, 5.74) is 1.95. The van der Waals surface area contributed by atoms with Crippen LogP contribution in [0.15, 0.2) is 12.4 Å². The Kier molecular flexibility index (Phi) is 3.69. The van der Waals surface area contributed by atoms with Gasteiger partial charge in [-0.1, -0.05) is 11.6 Å². The average molecular weight is 438 g/mol. The molecule has 0 aliphatic heterocycles. The molecule has 5 heterocycles. The van der Waals surface area contributed by atoms with Gasteiger partial charge in [0, 0.05) is 18.1 Å². The Hall–Kier alpha value is -2.79. The maximum absolute atomic E-state index is 13.1. The van der Waals surface area contributed by atoms with E-state index < -0.39 is 16.9 Å². The van der Waals surface area contributed by atoms with E-state index in [1.54, 1.807) is 0 Å². The van der Waals surface area contributed by atoms with Gasteiger partial charge in [-0.2, -0.15) is 18.3 Å². The zero-order valence-corrected chi connectivity index (χ0v) is 16.8. The van der Waals surface area contributed by atoms with Gasteiger partial charge in [0.1, 0.15) is 26.6 Å². The molecule has 0 saturated heterocycles. The van der Waals surface area contributed by atoms with Crippen molar-refractivity contribution in [2.75, 3.05) is 0 Å². The molecule has 5 rings (SSSR count). The van der Waals surface area contributed by atoms with Crippen LogP contribution in [0, 0.1) is 13.8 Å². The van der Waals surface area contributed by atoms with Gasteiger partial charge in [-0.3, -0.25) is 4.68 Å². The van der Waals surface area contributed by atoms with Crippen molar-refractivity contribution in [3.05, 3.63) is 34.4 Å². The molecule has 0 saturated carbocycles. The Morgan fingerprint density at radius 3 is 2.59 bits per heavy atom. The van der Waals surface area contributed by atoms with Gasteiger partial charge in [-0.15, -0.1) is 16.4 Å². The summed E-state index contributed by atoms with van der Waals surface area (Å²) in [5.74, 6) is 0.0353. The van der Waals surface area contributed by atoms with E-state index in [0.717, 1.165) is 36.4 Å². The summed E-state index contributed by atoms with van der Waals surface area (Å²) in [6.07, 6.45) is -3.19. The molecular weight excluding hydrogens is 427 g/mol. The number of hydrogen-bond acceptors (Lipinski definition) is 6. The third kappa shape index (κ3) is 2.60. The molecule has 0 unspecified atom stereocenters. The maximum Gasteiger partial charge on any atom is 0.436 e. The highest BCUT2D eigenvalue weighted by molar-refractivity contribution is 7.26. The van der Waals surface area contributed by atoms with Crippen LogP contribution in [-0.4, -0.2) is 34.3 Å². The Balaban J connectivity index is 1.80. The second-order valence-electron chi connectivity index (χ2n) is 6.62. The van der Waals surface area contributed by atoms with Crippen LogP contribution in [0.1, 0.15) is 17.0 Å². The van der Waals surface area contributed by atoms with Crippen LogP contribution in [0.3, 0.4) is 0 Å². The summed E-state index contributed by atoms with van der Waals surface area (Å²) in [6.45, 7) is 3.90. The molecule has 0 spiro atoms. The molecule has 0 aliphatic carbocycles. The molecule has 148 valence electrons. The van der Waals surface area contributed by atoms with Crippen molar-refractivity contribution >= 4 is 49.0 Å². The maximum atomic E-state index is 13.1. The monoisotopic (exact) mass is 437 g/mol. The quantitative estimate of drug-likeness (QED) is 0.384. The fourth-order valence-corrected chi connectivity index (χ4v) is 4.97. The van der Waals surface area contributed by atoms with E-state index in [1.807, 2.05) is 19.9 Å². The summed E-state index contributed by atoms with van der Waals surface area (Å²) in [7, 11) is 1.37. The molecule has 0 radical (unpaired) electrons. The number of fused-ring (bicyclic) bond motifs is 5. The van der Waals surface area contributed by atoms with Crippen LogP contribution in [0.25, 0.3) is 37.6 Å². The van der Waals surface area contributed by atoms with Crippen molar-refractivity contribution in [1.29, 1.82) is 0 Å². The van der Waals surface area contributed by atoms with E-state index in [2.05, 4.69) is 25.1 Å². The van der Waals surface area contributed by atoms with Gasteiger partial charge in [-0.25, -0.2) is 19.5 Å². The summed E-state index contributed by atoms with van der Waals surface area (Å²) in [5, 5.41) is 8.16. The van der Waals surface area contributed by atoms with E-state index >= 15 is 0 Å². The SMILES string of the molecule is Cc1cc(C)c2c(n1)sc1c2ncn2nc(-c3c(Cl)c(C(F)(F)F)nn3C)nc12. The standard InChI is InChI=1S/C17H11ClF3N7S/c1-6-4-7(2)23-16-8(6)10-12(29-16)15-24-14(26-28(15)5-22-10)11-9(18)13(17(19,20)21)25-27(11)3/h4-5H,1-3H3. The molecule has 0 amide bonds. The molecule has 0 bridgehead atoms. The summed E-state index contributed by atoms with van der Waals surface area (Å²) in [6, 6.07) is 1.98. The van der Waals surface area contributed by atoms with E-state index in [0.29, 0.717) is 5.65 Å². The van der Waals surface area contributed by atoms with E-state index in [-0.39, 0.29) is 11.5 Å². The minimum atomic E-state index is -4.67. The number of thiophene rings is 1. The Morgan fingerprint density at radius 1 is 1.14 bits per heavy atom. The number of aryl methyl sites for hydroxylation is 3. The first kappa shape index (κ1) is 18.3. The number of halogens is 4. The molecule has 0 fully saturated rings. The van der Waals surface area contributed by atoms with Crippen molar-refractivity contribution in [3.8, 4) is 11.5 Å².